The molecule has 6 rings (SSSR count). The lowest BCUT2D eigenvalue weighted by atomic mass is 9.74. The number of hydrogen-bond donors (Lipinski definition) is 1. The van der Waals surface area contributed by atoms with E-state index >= 15 is 0 Å². The number of aromatic nitrogens is 2. The number of nitrogens with zero attached hydrogens (tertiary/aromatic N) is 3. The van der Waals surface area contributed by atoms with Gasteiger partial charge in [-0.3, -0.25) is 9.78 Å². The maximum atomic E-state index is 14.9. The fourth-order valence-corrected chi connectivity index (χ4v) is 8.17. The molecule has 3 heterocycles. The summed E-state index contributed by atoms with van der Waals surface area (Å²) in [5.41, 5.74) is 2.60. The summed E-state index contributed by atoms with van der Waals surface area (Å²) in [5.74, 6) is -4.24. The van der Waals surface area contributed by atoms with Crippen LogP contribution in [0.1, 0.15) is 50.6 Å². The van der Waals surface area contributed by atoms with Crippen molar-refractivity contribution >= 4 is 44.4 Å². The first-order valence-electron chi connectivity index (χ1n) is 13.8. The molecule has 0 radical (unpaired) electrons. The Morgan fingerprint density at radius 2 is 1.80 bits per heavy atom. The number of thiazole rings is 1. The molecule has 3 aliphatic rings. The number of amides is 1. The van der Waals surface area contributed by atoms with Gasteiger partial charge in [-0.15, -0.1) is 11.3 Å². The van der Waals surface area contributed by atoms with Crippen molar-refractivity contribution in [2.24, 2.45) is 5.92 Å². The molecule has 1 aromatic carbocycles. The van der Waals surface area contributed by atoms with Crippen LogP contribution in [-0.4, -0.2) is 60.3 Å². The minimum absolute atomic E-state index is 0.0847. The summed E-state index contributed by atoms with van der Waals surface area (Å²) in [6.07, 6.45) is 4.23. The van der Waals surface area contributed by atoms with Crippen LogP contribution in [0.2, 0.25) is 5.02 Å². The number of carbonyl (C=O) groups is 1. The highest BCUT2D eigenvalue weighted by atomic mass is 35.5. The molecule has 1 amide bonds. The summed E-state index contributed by atoms with van der Waals surface area (Å²) < 4.78 is 53.6. The number of carbonyl (C=O) groups excluding carboxylic acids is 1. The predicted molar refractivity (Wildman–Crippen MR) is 157 cm³/mol. The molecule has 0 spiro atoms. The van der Waals surface area contributed by atoms with Crippen molar-refractivity contribution in [3.63, 3.8) is 0 Å². The molecule has 3 fully saturated rings. The number of nitrogens with one attached hydrogen (secondary N) is 1. The summed E-state index contributed by atoms with van der Waals surface area (Å²) in [5, 5.41) is 4.13. The first-order valence-corrected chi connectivity index (χ1v) is 16.8. The molecule has 0 bridgehead atoms. The minimum atomic E-state index is -3.01. The highest BCUT2D eigenvalue weighted by molar-refractivity contribution is 7.91. The smallest absolute Gasteiger partial charge is 0.248 e. The van der Waals surface area contributed by atoms with Crippen molar-refractivity contribution in [1.29, 1.82) is 0 Å². The van der Waals surface area contributed by atoms with Crippen LogP contribution in [0.15, 0.2) is 42.7 Å². The largest absolute Gasteiger partial charge is 0.369 e. The second-order valence-electron chi connectivity index (χ2n) is 11.7. The average Bonchev–Trinajstić information content (AvgIpc) is 3.47. The number of halogens is 3. The molecule has 0 unspecified atom stereocenters. The van der Waals surface area contributed by atoms with E-state index in [0.717, 1.165) is 29.0 Å². The third kappa shape index (κ3) is 6.27. The Balaban J connectivity index is 1.39. The van der Waals surface area contributed by atoms with Crippen LogP contribution in [0, 0.1) is 5.92 Å². The summed E-state index contributed by atoms with van der Waals surface area (Å²) in [6, 6.07) is 9.41. The second-order valence-corrected chi connectivity index (χ2v) is 15.4. The molecule has 1 saturated heterocycles. The van der Waals surface area contributed by atoms with Gasteiger partial charge in [0.2, 0.25) is 11.8 Å². The van der Waals surface area contributed by atoms with E-state index in [0.29, 0.717) is 34.4 Å². The van der Waals surface area contributed by atoms with Gasteiger partial charge in [0.1, 0.15) is 5.01 Å². The van der Waals surface area contributed by atoms with Crippen LogP contribution >= 0.6 is 22.9 Å². The van der Waals surface area contributed by atoms with Crippen molar-refractivity contribution in [3.8, 4) is 21.0 Å². The van der Waals surface area contributed by atoms with Gasteiger partial charge in [-0.25, -0.2) is 22.2 Å². The maximum absolute atomic E-state index is 14.9. The predicted octanol–water partition coefficient (Wildman–Crippen LogP) is 5.95. The molecule has 1 N–H and O–H groups in total. The van der Waals surface area contributed by atoms with Crippen molar-refractivity contribution in [3.05, 3.63) is 53.4 Å². The first-order chi connectivity index (χ1) is 19.4. The summed E-state index contributed by atoms with van der Waals surface area (Å²) in [4.78, 5) is 25.2. The zero-order valence-corrected chi connectivity index (χ0v) is 25.0. The molecule has 41 heavy (non-hydrogen) atoms. The minimum Gasteiger partial charge on any atom is -0.369 e. The lowest BCUT2D eigenvalue weighted by Crippen LogP contribution is -2.44. The fraction of sp³-hybridized carbons (Fsp3) is 0.483. The average molecular weight is 621 g/mol. The van der Waals surface area contributed by atoms with Gasteiger partial charge in [-0.2, -0.15) is 0 Å². The Labute approximate surface area is 247 Å². The fourth-order valence-electron chi connectivity index (χ4n) is 5.67. The van der Waals surface area contributed by atoms with Crippen molar-refractivity contribution < 1.29 is 22.0 Å². The lowest BCUT2D eigenvalue weighted by Gasteiger charge is -2.35. The second kappa shape index (κ2) is 10.6. The molecule has 1 aliphatic heterocycles. The number of pyridine rings is 1. The van der Waals surface area contributed by atoms with Crippen LogP contribution in [-0.2, 0) is 14.6 Å². The van der Waals surface area contributed by atoms with Gasteiger partial charge >= 0.3 is 0 Å². The van der Waals surface area contributed by atoms with E-state index in [9.17, 15) is 22.0 Å². The molecule has 12 heteroatoms. The van der Waals surface area contributed by atoms with Crippen molar-refractivity contribution in [1.82, 2.24) is 15.3 Å². The first kappa shape index (κ1) is 28.5. The molecule has 3 aromatic rings. The van der Waals surface area contributed by atoms with Crippen LogP contribution in [0.5, 0.6) is 0 Å². The van der Waals surface area contributed by atoms with E-state index in [4.69, 9.17) is 16.6 Å². The maximum Gasteiger partial charge on any atom is 0.248 e. The van der Waals surface area contributed by atoms with E-state index in [-0.39, 0.29) is 35.8 Å². The molecule has 7 nitrogen and oxygen atoms in total. The van der Waals surface area contributed by atoms with Crippen molar-refractivity contribution in [2.45, 2.75) is 56.4 Å². The topological polar surface area (TPSA) is 92.3 Å². The van der Waals surface area contributed by atoms with Gasteiger partial charge in [-0.1, -0.05) is 23.7 Å². The van der Waals surface area contributed by atoms with Gasteiger partial charge in [-0.05, 0) is 49.9 Å². The summed E-state index contributed by atoms with van der Waals surface area (Å²) in [7, 11) is -3.01. The number of sulfone groups is 1. The summed E-state index contributed by atoms with van der Waals surface area (Å²) in [6.45, 7) is 2.83. The Morgan fingerprint density at radius 1 is 1.10 bits per heavy atom. The molecule has 2 saturated carbocycles. The highest BCUT2D eigenvalue weighted by Gasteiger charge is 2.48. The van der Waals surface area contributed by atoms with E-state index in [1.165, 1.54) is 17.5 Å². The Kier molecular flexibility index (Phi) is 7.35. The SMILES string of the molecule is CC1(NC(=O)[C@@H]2CCC(F)(F)C[C@H]2c2nc(-c3cncc(Cl)c3)sc2-c2ccc(N3CCS(=O)(=O)CC3)cc2)CC1. The van der Waals surface area contributed by atoms with E-state index < -0.39 is 34.0 Å². The van der Waals surface area contributed by atoms with Crippen LogP contribution in [0.25, 0.3) is 21.0 Å². The van der Waals surface area contributed by atoms with Gasteiger partial charge in [0.15, 0.2) is 9.84 Å². The number of hydrogen-bond acceptors (Lipinski definition) is 7. The van der Waals surface area contributed by atoms with Crippen LogP contribution in [0.3, 0.4) is 0 Å². The third-order valence-corrected chi connectivity index (χ3v) is 11.4. The number of benzene rings is 1. The van der Waals surface area contributed by atoms with Gasteiger partial charge < -0.3 is 10.2 Å². The highest BCUT2D eigenvalue weighted by Crippen LogP contribution is 2.50. The zero-order valence-electron chi connectivity index (χ0n) is 22.6. The normalized spacial score (nSPS) is 24.5. The van der Waals surface area contributed by atoms with E-state index in [2.05, 4.69) is 10.3 Å². The Bertz CT molecular complexity index is 1560. The number of anilines is 1. The Hall–Kier alpha value is -2.63. The van der Waals surface area contributed by atoms with Crippen LogP contribution in [0.4, 0.5) is 14.5 Å². The van der Waals surface area contributed by atoms with Gasteiger partial charge in [0, 0.05) is 67.0 Å². The van der Waals surface area contributed by atoms with Crippen molar-refractivity contribution in [2.75, 3.05) is 29.5 Å². The number of alkyl halides is 2. The van der Waals surface area contributed by atoms with Crippen LogP contribution < -0.4 is 10.2 Å². The summed E-state index contributed by atoms with van der Waals surface area (Å²) >= 11 is 7.57. The monoisotopic (exact) mass is 620 g/mol. The molecule has 2 aliphatic carbocycles. The third-order valence-electron chi connectivity index (χ3n) is 8.38. The quantitative estimate of drug-likeness (QED) is 0.366. The lowest BCUT2D eigenvalue weighted by molar-refractivity contribution is -0.131. The number of rotatable bonds is 6. The zero-order chi connectivity index (χ0) is 29.0. The molecular formula is C29H31ClF2N4O3S2. The molecule has 218 valence electrons. The van der Waals surface area contributed by atoms with E-state index in [1.54, 1.807) is 12.3 Å². The van der Waals surface area contributed by atoms with Gasteiger partial charge in [0.25, 0.3) is 0 Å². The molecule has 2 atom stereocenters. The molecule has 2 aromatic heterocycles. The van der Waals surface area contributed by atoms with E-state index in [1.807, 2.05) is 36.1 Å². The van der Waals surface area contributed by atoms with Gasteiger partial charge in [0.05, 0.1) is 27.1 Å². The molecular weight excluding hydrogens is 590 g/mol. The Morgan fingerprint density at radius 3 is 2.46 bits per heavy atom. The standard InChI is InChI=1S/C29H31ClF2N4O3S2/c1-28(8-9-28)35-26(37)22-6-7-29(31,32)15-23(22)24-25(40-27(34-24)19-14-20(30)17-33-16-19)18-2-4-21(5-3-18)36-10-12-41(38,39)13-11-36/h2-5,14,16-17,22-23H,6-13,15H2,1H3,(H,35,37)/t22-,23-/m1/s1.